The van der Waals surface area contributed by atoms with E-state index in [1.807, 2.05) is 62.9 Å². The Morgan fingerprint density at radius 2 is 1.89 bits per heavy atom. The average molecular weight is 246 g/mol. The van der Waals surface area contributed by atoms with Crippen LogP contribution in [0.15, 0.2) is 42.1 Å². The number of rotatable bonds is 4. The van der Waals surface area contributed by atoms with Crippen LogP contribution in [0.4, 0.5) is 4.79 Å². The van der Waals surface area contributed by atoms with Crippen LogP contribution in [0.5, 0.6) is 0 Å². The summed E-state index contributed by atoms with van der Waals surface area (Å²) >= 11 is 0. The highest BCUT2D eigenvalue weighted by atomic mass is 16.2. The van der Waals surface area contributed by atoms with Crippen LogP contribution in [0.25, 0.3) is 0 Å². The van der Waals surface area contributed by atoms with Crippen molar-refractivity contribution >= 4 is 6.03 Å². The lowest BCUT2D eigenvalue weighted by Crippen LogP contribution is -2.41. The summed E-state index contributed by atoms with van der Waals surface area (Å²) in [5.41, 5.74) is 2.21. The first-order chi connectivity index (χ1) is 8.50. The van der Waals surface area contributed by atoms with Gasteiger partial charge in [0.15, 0.2) is 0 Å². The van der Waals surface area contributed by atoms with E-state index < -0.39 is 0 Å². The molecule has 0 aliphatic carbocycles. The molecule has 0 saturated carbocycles. The molecule has 0 saturated heterocycles. The van der Waals surface area contributed by atoms with Gasteiger partial charge in [0.25, 0.3) is 0 Å². The molecule has 3 nitrogen and oxygen atoms in total. The fourth-order valence-corrected chi connectivity index (χ4v) is 1.56. The minimum Gasteiger partial charge on any atom is -0.318 e. The van der Waals surface area contributed by atoms with Crippen LogP contribution in [0.3, 0.4) is 0 Å². The molecule has 1 aromatic rings. The summed E-state index contributed by atoms with van der Waals surface area (Å²) in [4.78, 5) is 13.9. The van der Waals surface area contributed by atoms with E-state index in [4.69, 9.17) is 0 Å². The van der Waals surface area contributed by atoms with E-state index in [1.165, 1.54) is 0 Å². The number of nitrogens with one attached hydrogen (secondary N) is 1. The number of hydrogen-bond acceptors (Lipinski definition) is 1. The predicted molar refractivity (Wildman–Crippen MR) is 75.1 cm³/mol. The number of amides is 2. The maximum atomic E-state index is 12.1. The molecular formula is C15H22N2O. The van der Waals surface area contributed by atoms with Crippen molar-refractivity contribution in [2.45, 2.75) is 40.3 Å². The Balaban J connectivity index is 2.71. The van der Waals surface area contributed by atoms with E-state index in [0.29, 0.717) is 6.54 Å². The molecule has 0 radical (unpaired) electrons. The molecule has 0 aliphatic heterocycles. The lowest BCUT2D eigenvalue weighted by atomic mass is 10.2. The van der Waals surface area contributed by atoms with Gasteiger partial charge in [-0.25, -0.2) is 4.79 Å². The van der Waals surface area contributed by atoms with Gasteiger partial charge in [-0.05, 0) is 33.3 Å². The molecule has 0 heterocycles. The number of carbonyl (C=O) groups excluding carboxylic acids is 1. The van der Waals surface area contributed by atoms with Gasteiger partial charge in [0.05, 0.1) is 0 Å². The minimum atomic E-state index is -0.0601. The number of benzene rings is 1. The molecule has 0 bridgehead atoms. The molecular weight excluding hydrogens is 224 g/mol. The topological polar surface area (TPSA) is 32.3 Å². The molecule has 3 heteroatoms. The van der Waals surface area contributed by atoms with E-state index in [1.54, 1.807) is 6.20 Å². The molecule has 0 fully saturated rings. The first kappa shape index (κ1) is 14.3. The third kappa shape index (κ3) is 4.62. The fourth-order valence-electron chi connectivity index (χ4n) is 1.56. The number of nitrogens with zero attached hydrogens (tertiary/aromatic N) is 1. The Morgan fingerprint density at radius 3 is 2.39 bits per heavy atom. The van der Waals surface area contributed by atoms with Crippen molar-refractivity contribution < 1.29 is 4.79 Å². The van der Waals surface area contributed by atoms with Crippen LogP contribution < -0.4 is 5.32 Å². The standard InChI is InChI=1S/C15H22N2O/c1-12(2)10-16-15(18)17(13(3)4)11-14-8-6-5-7-9-14/h5-10,13H,11H2,1-4H3,(H,16,18). The molecule has 1 N–H and O–H groups in total. The Bertz CT molecular complexity index is 406. The molecule has 1 aromatic carbocycles. The lowest BCUT2D eigenvalue weighted by Gasteiger charge is -2.26. The van der Waals surface area contributed by atoms with Crippen molar-refractivity contribution in [1.82, 2.24) is 10.2 Å². The van der Waals surface area contributed by atoms with E-state index >= 15 is 0 Å². The van der Waals surface area contributed by atoms with Crippen molar-refractivity contribution in [2.75, 3.05) is 0 Å². The molecule has 98 valence electrons. The maximum Gasteiger partial charge on any atom is 0.321 e. The zero-order valence-electron chi connectivity index (χ0n) is 11.6. The summed E-state index contributed by atoms with van der Waals surface area (Å²) in [6.07, 6.45) is 1.74. The Labute approximate surface area is 109 Å². The molecule has 0 unspecified atom stereocenters. The van der Waals surface area contributed by atoms with E-state index in [0.717, 1.165) is 11.1 Å². The first-order valence-corrected chi connectivity index (χ1v) is 6.25. The first-order valence-electron chi connectivity index (χ1n) is 6.25. The van der Waals surface area contributed by atoms with Gasteiger partial charge in [0.1, 0.15) is 0 Å². The molecule has 0 spiro atoms. The molecule has 0 aliphatic rings. The second kappa shape index (κ2) is 6.84. The van der Waals surface area contributed by atoms with Crippen LogP contribution >= 0.6 is 0 Å². The lowest BCUT2D eigenvalue weighted by molar-refractivity contribution is 0.183. The van der Waals surface area contributed by atoms with Gasteiger partial charge >= 0.3 is 6.03 Å². The minimum absolute atomic E-state index is 0.0601. The summed E-state index contributed by atoms with van der Waals surface area (Å²) in [5.74, 6) is 0. The van der Waals surface area contributed by atoms with Gasteiger partial charge in [-0.2, -0.15) is 0 Å². The van der Waals surface area contributed by atoms with Gasteiger partial charge in [-0.1, -0.05) is 35.9 Å². The molecule has 0 atom stereocenters. The number of hydrogen-bond donors (Lipinski definition) is 1. The van der Waals surface area contributed by atoms with Crippen molar-refractivity contribution in [3.05, 3.63) is 47.7 Å². The number of allylic oxidation sites excluding steroid dienone is 1. The van der Waals surface area contributed by atoms with Gasteiger partial charge in [-0.3, -0.25) is 0 Å². The average Bonchev–Trinajstić information content (AvgIpc) is 2.34. The van der Waals surface area contributed by atoms with Crippen LogP contribution in [-0.2, 0) is 6.54 Å². The molecule has 1 rings (SSSR count). The summed E-state index contributed by atoms with van der Waals surface area (Å²) in [6, 6.07) is 10.1. The monoisotopic (exact) mass is 246 g/mol. The summed E-state index contributed by atoms with van der Waals surface area (Å²) in [5, 5.41) is 2.81. The van der Waals surface area contributed by atoms with Crippen LogP contribution in [-0.4, -0.2) is 17.0 Å². The second-order valence-electron chi connectivity index (χ2n) is 4.88. The second-order valence-corrected chi connectivity index (χ2v) is 4.88. The Kier molecular flexibility index (Phi) is 5.43. The van der Waals surface area contributed by atoms with Crippen LogP contribution in [0, 0.1) is 0 Å². The number of urea groups is 1. The zero-order chi connectivity index (χ0) is 13.5. The van der Waals surface area contributed by atoms with Crippen molar-refractivity contribution in [3.8, 4) is 0 Å². The molecule has 0 aromatic heterocycles. The summed E-state index contributed by atoms with van der Waals surface area (Å²) < 4.78 is 0. The van der Waals surface area contributed by atoms with Gasteiger partial charge in [0, 0.05) is 18.8 Å². The molecule has 2 amide bonds. The maximum absolute atomic E-state index is 12.1. The van der Waals surface area contributed by atoms with E-state index in [-0.39, 0.29) is 12.1 Å². The number of carbonyl (C=O) groups is 1. The highest BCUT2D eigenvalue weighted by molar-refractivity contribution is 5.75. The van der Waals surface area contributed by atoms with Gasteiger partial charge in [0.2, 0.25) is 0 Å². The zero-order valence-corrected chi connectivity index (χ0v) is 11.6. The van der Waals surface area contributed by atoms with E-state index in [9.17, 15) is 4.79 Å². The normalized spacial score (nSPS) is 10.1. The SMILES string of the molecule is CC(C)=CNC(=O)N(Cc1ccccc1)C(C)C. The smallest absolute Gasteiger partial charge is 0.318 e. The Morgan fingerprint density at radius 1 is 1.28 bits per heavy atom. The Hall–Kier alpha value is -1.77. The highest BCUT2D eigenvalue weighted by Gasteiger charge is 2.15. The van der Waals surface area contributed by atoms with Gasteiger partial charge in [-0.15, -0.1) is 0 Å². The predicted octanol–water partition coefficient (Wildman–Crippen LogP) is 3.53. The highest BCUT2D eigenvalue weighted by Crippen LogP contribution is 2.08. The fraction of sp³-hybridized carbons (Fsp3) is 0.400. The van der Waals surface area contributed by atoms with Crippen molar-refractivity contribution in [1.29, 1.82) is 0 Å². The quantitative estimate of drug-likeness (QED) is 0.866. The summed E-state index contributed by atoms with van der Waals surface area (Å²) in [7, 11) is 0. The third-order valence-corrected chi connectivity index (χ3v) is 2.56. The molecule has 18 heavy (non-hydrogen) atoms. The van der Waals surface area contributed by atoms with E-state index in [2.05, 4.69) is 5.32 Å². The van der Waals surface area contributed by atoms with Crippen LogP contribution in [0.1, 0.15) is 33.3 Å². The largest absolute Gasteiger partial charge is 0.321 e. The van der Waals surface area contributed by atoms with Gasteiger partial charge < -0.3 is 10.2 Å². The van der Waals surface area contributed by atoms with Crippen LogP contribution in [0.2, 0.25) is 0 Å². The van der Waals surface area contributed by atoms with Crippen molar-refractivity contribution in [2.24, 2.45) is 0 Å². The van der Waals surface area contributed by atoms with Crippen molar-refractivity contribution in [3.63, 3.8) is 0 Å². The third-order valence-electron chi connectivity index (χ3n) is 2.56. The summed E-state index contributed by atoms with van der Waals surface area (Å²) in [6.45, 7) is 8.57.